The Morgan fingerprint density at radius 2 is 1.11 bits per heavy atom. The summed E-state index contributed by atoms with van der Waals surface area (Å²) in [6, 6.07) is 28.3. The van der Waals surface area contributed by atoms with Crippen molar-refractivity contribution >= 4 is 47.5 Å². The van der Waals surface area contributed by atoms with Crippen LogP contribution in [0.15, 0.2) is 97.3 Å². The zero-order chi connectivity index (χ0) is 67.4. The van der Waals surface area contributed by atoms with E-state index in [4.69, 9.17) is 38.4 Å². The van der Waals surface area contributed by atoms with Crippen LogP contribution in [0.25, 0.3) is 0 Å². The Morgan fingerprint density at radius 1 is 0.617 bits per heavy atom. The van der Waals surface area contributed by atoms with Gasteiger partial charge in [0.1, 0.15) is 41.1 Å². The molecule has 0 spiro atoms. The molecule has 2 unspecified atom stereocenters. The van der Waals surface area contributed by atoms with E-state index >= 15 is 0 Å². The van der Waals surface area contributed by atoms with Crippen molar-refractivity contribution in [3.05, 3.63) is 159 Å². The number of hydrogen-bond donors (Lipinski definition) is 1. The van der Waals surface area contributed by atoms with Gasteiger partial charge < -0.3 is 38.2 Å². The molecule has 0 bridgehead atoms. The average molecular weight is 1280 g/mol. The van der Waals surface area contributed by atoms with Gasteiger partial charge in [0, 0.05) is 104 Å². The molecular formula is C72H87N11O11. The minimum Gasteiger partial charge on any atom is -0.410 e. The van der Waals surface area contributed by atoms with Crippen molar-refractivity contribution in [3.63, 3.8) is 0 Å². The summed E-state index contributed by atoms with van der Waals surface area (Å²) in [6.45, 7) is 16.3. The molecule has 4 aromatic heterocycles. The third-order valence-corrected chi connectivity index (χ3v) is 17.2. The van der Waals surface area contributed by atoms with Gasteiger partial charge in [0.25, 0.3) is 0 Å². The number of carbonyl (C=O) groups excluding carboxylic acids is 5. The van der Waals surface area contributed by atoms with Gasteiger partial charge in [-0.2, -0.15) is 15.4 Å². The first kappa shape index (κ1) is 70.7. The maximum atomic E-state index is 13.5. The highest BCUT2D eigenvalue weighted by atomic mass is 16.6. The van der Waals surface area contributed by atoms with Crippen molar-refractivity contribution in [3.8, 4) is 23.6 Å². The standard InChI is InChI=1S/C29H38N6O4.C25H23N3O5.C18H26N2O2/c1-18(17-38-4)11-22-13-25(31-15-24(22)14-30)32-29(37)35-9-6-7-21-12-23(16-34-10-8-19(2)28(34)36)26(20(3)39-5)33-27(21)35;1-18(17-31-2)13-19-14-23(27-16-20(19)15-26)28(24(29)32-21-9-5-3-6-10-21)25(30)33-22-11-7-4-8-12-22;1-12-8-9-20(18(12)21)11-15-10-14-6-4-5-7-16(14)19-17(15)13(2)22-3/h12-13,15,18-20H,6-11,16-17H2,1-5H3,(H,31,32,37);3-12,14,16,18H,13,17H2,1-2H3;10,12-13H,4-9,11H2,1-3H3/t18-,19+,20?;18-;12-,13?/m001/s1. The fraction of sp³-hybridized carbons (Fsp3) is 0.458. The summed E-state index contributed by atoms with van der Waals surface area (Å²) in [5, 5.41) is 21.9. The van der Waals surface area contributed by atoms with Gasteiger partial charge in [-0.25, -0.2) is 29.3 Å². The number of benzene rings is 2. The molecule has 0 radical (unpaired) electrons. The second kappa shape index (κ2) is 34.1. The number of fused-ring (bicyclic) bond motifs is 2. The van der Waals surface area contributed by atoms with Gasteiger partial charge in [-0.05, 0) is 166 Å². The number of aryl methyl sites for hydroxylation is 3. The topological polar surface area (TPSA) is 265 Å². The predicted molar refractivity (Wildman–Crippen MR) is 354 cm³/mol. The van der Waals surface area contributed by atoms with E-state index < -0.39 is 12.2 Å². The number of pyridine rings is 4. The fourth-order valence-corrected chi connectivity index (χ4v) is 12.0. The molecule has 7 heterocycles. The Bertz CT molecular complexity index is 3640. The average Bonchev–Trinajstić information content (AvgIpc) is 1.23. The molecule has 6 amide bonds. The third-order valence-electron chi connectivity index (χ3n) is 17.2. The number of nitrogens with zero attached hydrogens (tertiary/aromatic N) is 10. The number of rotatable bonds is 20. The van der Waals surface area contributed by atoms with E-state index in [0.717, 1.165) is 85.3 Å². The lowest BCUT2D eigenvalue weighted by atomic mass is 9.93. The van der Waals surface area contributed by atoms with Crippen molar-refractivity contribution in [1.82, 2.24) is 29.7 Å². The quantitative estimate of drug-likeness (QED) is 0.0744. The van der Waals surface area contributed by atoms with Crippen molar-refractivity contribution < 1.29 is 52.4 Å². The van der Waals surface area contributed by atoms with Crippen molar-refractivity contribution in [2.75, 3.05) is 76.4 Å². The SMILES string of the molecule is COC(C)c1nc2c(cc1CN1CC[C@@H](C)C1=O)CCCC2.COC[C@@H](C)Cc1cc(N(C(=O)Oc2ccccc2)C(=O)Oc2ccccc2)ncc1C#N.COC[C@@H](C)Cc1cc(NC(=O)N2CCCc3cc(CN4CC[C@@H](C)C4=O)c(C(C)OC)nc32)ncc1C#N. The molecule has 6 atom stereocenters. The summed E-state index contributed by atoms with van der Waals surface area (Å²) in [4.78, 5) is 88.9. The maximum Gasteiger partial charge on any atom is 0.430 e. The number of amides is 6. The van der Waals surface area contributed by atoms with Crippen LogP contribution >= 0.6 is 0 Å². The number of anilines is 3. The highest BCUT2D eigenvalue weighted by molar-refractivity contribution is 6.10. The predicted octanol–water partition coefficient (Wildman–Crippen LogP) is 12.3. The Balaban J connectivity index is 0.000000187. The highest BCUT2D eigenvalue weighted by Gasteiger charge is 2.34. The molecule has 22 heteroatoms. The number of hydrogen-bond acceptors (Lipinski definition) is 17. The normalized spacial score (nSPS) is 16.9. The summed E-state index contributed by atoms with van der Waals surface area (Å²) in [5.41, 5.74) is 9.70. The van der Waals surface area contributed by atoms with Crippen LogP contribution in [0.5, 0.6) is 11.5 Å². The van der Waals surface area contributed by atoms with Crippen LogP contribution in [-0.4, -0.2) is 121 Å². The molecule has 4 aliphatic rings. The second-order valence-corrected chi connectivity index (χ2v) is 24.6. The number of ether oxygens (including phenoxy) is 6. The maximum absolute atomic E-state index is 13.5. The molecule has 22 nitrogen and oxygen atoms in total. The Labute approximate surface area is 551 Å². The van der Waals surface area contributed by atoms with Crippen LogP contribution in [0, 0.1) is 46.3 Å². The molecule has 10 rings (SSSR count). The molecule has 3 aliphatic heterocycles. The van der Waals surface area contributed by atoms with Crippen LogP contribution in [0.3, 0.4) is 0 Å². The van der Waals surface area contributed by atoms with Gasteiger partial charge in [0.15, 0.2) is 0 Å². The number of para-hydroxylation sites is 2. The number of nitriles is 2. The minimum atomic E-state index is -0.991. The van der Waals surface area contributed by atoms with E-state index in [1.807, 2.05) is 51.3 Å². The third kappa shape index (κ3) is 18.3. The van der Waals surface area contributed by atoms with Crippen molar-refractivity contribution in [1.29, 1.82) is 10.5 Å². The number of methoxy groups -OCH3 is 4. The lowest BCUT2D eigenvalue weighted by Gasteiger charge is -2.31. The molecule has 496 valence electrons. The fourth-order valence-electron chi connectivity index (χ4n) is 12.0. The smallest absolute Gasteiger partial charge is 0.410 e. The largest absolute Gasteiger partial charge is 0.430 e. The summed E-state index contributed by atoms with van der Waals surface area (Å²) >= 11 is 0. The summed E-state index contributed by atoms with van der Waals surface area (Å²) in [7, 11) is 6.60. The summed E-state index contributed by atoms with van der Waals surface area (Å²) < 4.78 is 32.3. The molecule has 6 aromatic rings. The lowest BCUT2D eigenvalue weighted by molar-refractivity contribution is -0.131. The molecule has 1 N–H and O–H groups in total. The molecule has 2 aromatic carbocycles. The minimum absolute atomic E-state index is 0.0181. The number of urea groups is 1. The zero-order valence-corrected chi connectivity index (χ0v) is 55.7. The first-order chi connectivity index (χ1) is 45.4. The summed E-state index contributed by atoms with van der Waals surface area (Å²) in [5.74, 6) is 2.41. The first-order valence-electron chi connectivity index (χ1n) is 32.2. The van der Waals surface area contributed by atoms with Gasteiger partial charge in [-0.3, -0.25) is 24.8 Å². The van der Waals surface area contributed by atoms with Crippen LogP contribution < -0.4 is 24.6 Å². The molecule has 94 heavy (non-hydrogen) atoms. The van der Waals surface area contributed by atoms with Crippen molar-refractivity contribution in [2.45, 2.75) is 131 Å². The lowest BCUT2D eigenvalue weighted by Crippen LogP contribution is -2.41. The van der Waals surface area contributed by atoms with E-state index in [1.54, 1.807) is 100 Å². The number of nitrogens with one attached hydrogen (secondary N) is 1. The molecule has 2 fully saturated rings. The molecular weight excluding hydrogens is 1190 g/mol. The van der Waals surface area contributed by atoms with Crippen molar-refractivity contribution in [2.24, 2.45) is 23.7 Å². The second-order valence-electron chi connectivity index (χ2n) is 24.6. The molecule has 0 saturated carbocycles. The van der Waals surface area contributed by atoms with Crippen LogP contribution in [0.1, 0.15) is 147 Å². The van der Waals surface area contributed by atoms with E-state index in [-0.39, 0.29) is 71.0 Å². The van der Waals surface area contributed by atoms with Gasteiger partial charge in [0.2, 0.25) is 11.8 Å². The summed E-state index contributed by atoms with van der Waals surface area (Å²) in [6.07, 6.45) is 9.69. The van der Waals surface area contributed by atoms with Gasteiger partial charge >= 0.3 is 18.2 Å². The van der Waals surface area contributed by atoms with Crippen LogP contribution in [0.2, 0.25) is 0 Å². The monoisotopic (exact) mass is 1280 g/mol. The Hall–Kier alpha value is -9.19. The highest BCUT2D eigenvalue weighted by Crippen LogP contribution is 2.34. The van der Waals surface area contributed by atoms with E-state index in [9.17, 15) is 34.5 Å². The number of aromatic nitrogens is 4. The number of carbonyl (C=O) groups is 5. The number of likely N-dealkylation sites (tertiary alicyclic amines) is 2. The van der Waals surface area contributed by atoms with Gasteiger partial charge in [-0.15, -0.1) is 0 Å². The van der Waals surface area contributed by atoms with E-state index in [2.05, 4.69) is 39.6 Å². The number of imide groups is 1. The Morgan fingerprint density at radius 3 is 1.61 bits per heavy atom. The molecule has 2 saturated heterocycles. The zero-order valence-electron chi connectivity index (χ0n) is 55.7. The van der Waals surface area contributed by atoms with Gasteiger partial charge in [-0.1, -0.05) is 70.2 Å². The van der Waals surface area contributed by atoms with Crippen LogP contribution in [-0.2, 0) is 73.7 Å². The Kier molecular flexibility index (Phi) is 25.6. The van der Waals surface area contributed by atoms with E-state index in [1.165, 1.54) is 42.6 Å². The first-order valence-corrected chi connectivity index (χ1v) is 32.2. The van der Waals surface area contributed by atoms with Crippen LogP contribution in [0.4, 0.5) is 31.8 Å². The molecule has 1 aliphatic carbocycles. The van der Waals surface area contributed by atoms with Gasteiger partial charge in [0.05, 0.1) is 34.7 Å². The van der Waals surface area contributed by atoms with E-state index in [0.29, 0.717) is 78.9 Å².